The molecule has 1 N–H and O–H groups in total. The molecule has 82 valence electrons. The number of aromatic nitrogens is 2. The molecule has 0 aromatic carbocycles. The highest BCUT2D eigenvalue weighted by molar-refractivity contribution is 7.16. The van der Waals surface area contributed by atoms with Crippen molar-refractivity contribution in [1.29, 1.82) is 5.26 Å². The SMILES string of the molecule is Cc1cnc(CNc2nc(Cl)c(C#N)s2)s1. The largest absolute Gasteiger partial charge is 0.355 e. The van der Waals surface area contributed by atoms with E-state index in [9.17, 15) is 0 Å². The summed E-state index contributed by atoms with van der Waals surface area (Å²) >= 11 is 8.63. The molecule has 0 saturated heterocycles. The predicted molar refractivity (Wildman–Crippen MR) is 66.0 cm³/mol. The van der Waals surface area contributed by atoms with Crippen LogP contribution in [0.25, 0.3) is 0 Å². The van der Waals surface area contributed by atoms with Crippen LogP contribution in [-0.4, -0.2) is 9.97 Å². The van der Waals surface area contributed by atoms with Gasteiger partial charge < -0.3 is 5.32 Å². The Hall–Kier alpha value is -1.16. The fraction of sp³-hybridized carbons (Fsp3) is 0.222. The first-order valence-electron chi connectivity index (χ1n) is 4.40. The monoisotopic (exact) mass is 270 g/mol. The van der Waals surface area contributed by atoms with Gasteiger partial charge >= 0.3 is 0 Å². The fourth-order valence-electron chi connectivity index (χ4n) is 1.08. The smallest absolute Gasteiger partial charge is 0.185 e. The van der Waals surface area contributed by atoms with E-state index in [1.807, 2.05) is 19.2 Å². The second-order valence-corrected chi connectivity index (χ2v) is 5.65. The number of aryl methyl sites for hydroxylation is 1. The minimum absolute atomic E-state index is 0.255. The van der Waals surface area contributed by atoms with Gasteiger partial charge in [-0.2, -0.15) is 5.26 Å². The molecule has 2 aromatic rings. The molecule has 0 fully saturated rings. The number of halogens is 1. The zero-order valence-corrected chi connectivity index (χ0v) is 10.7. The van der Waals surface area contributed by atoms with Gasteiger partial charge in [0.1, 0.15) is 16.0 Å². The highest BCUT2D eigenvalue weighted by atomic mass is 35.5. The van der Waals surface area contributed by atoms with Crippen molar-refractivity contribution >= 4 is 39.4 Å². The lowest BCUT2D eigenvalue weighted by Gasteiger charge is -1.97. The van der Waals surface area contributed by atoms with Crippen molar-refractivity contribution in [2.45, 2.75) is 13.5 Å². The maximum absolute atomic E-state index is 8.72. The van der Waals surface area contributed by atoms with Crippen molar-refractivity contribution in [3.8, 4) is 6.07 Å². The molecule has 0 radical (unpaired) electrons. The zero-order valence-electron chi connectivity index (χ0n) is 8.32. The van der Waals surface area contributed by atoms with Crippen LogP contribution in [0.15, 0.2) is 6.20 Å². The Morgan fingerprint density at radius 3 is 2.94 bits per heavy atom. The number of nitrogens with one attached hydrogen (secondary N) is 1. The van der Waals surface area contributed by atoms with Crippen LogP contribution >= 0.6 is 34.3 Å². The van der Waals surface area contributed by atoms with Crippen molar-refractivity contribution < 1.29 is 0 Å². The number of hydrogen-bond donors (Lipinski definition) is 1. The minimum atomic E-state index is 0.255. The number of rotatable bonds is 3. The van der Waals surface area contributed by atoms with E-state index in [1.54, 1.807) is 11.3 Å². The first kappa shape index (κ1) is 11.3. The number of nitriles is 1. The first-order chi connectivity index (χ1) is 7.69. The van der Waals surface area contributed by atoms with Gasteiger partial charge in [0.25, 0.3) is 0 Å². The molecule has 4 nitrogen and oxygen atoms in total. The Balaban J connectivity index is 2.02. The molecule has 0 aliphatic carbocycles. The van der Waals surface area contributed by atoms with Crippen LogP contribution in [-0.2, 0) is 6.54 Å². The fourth-order valence-corrected chi connectivity index (χ4v) is 2.75. The topological polar surface area (TPSA) is 61.6 Å². The van der Waals surface area contributed by atoms with Gasteiger partial charge in [-0.05, 0) is 6.92 Å². The van der Waals surface area contributed by atoms with Crippen LogP contribution in [0.2, 0.25) is 5.15 Å². The Morgan fingerprint density at radius 1 is 1.56 bits per heavy atom. The van der Waals surface area contributed by atoms with E-state index in [4.69, 9.17) is 16.9 Å². The first-order valence-corrected chi connectivity index (χ1v) is 6.41. The van der Waals surface area contributed by atoms with Gasteiger partial charge in [-0.15, -0.1) is 11.3 Å². The highest BCUT2D eigenvalue weighted by Gasteiger charge is 2.08. The second kappa shape index (κ2) is 4.78. The van der Waals surface area contributed by atoms with Gasteiger partial charge in [-0.3, -0.25) is 0 Å². The summed E-state index contributed by atoms with van der Waals surface area (Å²) in [5.74, 6) is 0. The Labute approximate surface area is 106 Å². The lowest BCUT2D eigenvalue weighted by molar-refractivity contribution is 1.09. The van der Waals surface area contributed by atoms with Crippen molar-refractivity contribution in [3.63, 3.8) is 0 Å². The molecular formula is C9H7ClN4S2. The molecule has 0 unspecified atom stereocenters. The Morgan fingerprint density at radius 2 is 2.38 bits per heavy atom. The maximum Gasteiger partial charge on any atom is 0.185 e. The van der Waals surface area contributed by atoms with Crippen LogP contribution in [0.3, 0.4) is 0 Å². The van der Waals surface area contributed by atoms with Crippen molar-refractivity contribution in [3.05, 3.63) is 26.1 Å². The lowest BCUT2D eigenvalue weighted by atomic mass is 10.6. The molecule has 0 spiro atoms. The summed E-state index contributed by atoms with van der Waals surface area (Å²) < 4.78 is 0. The van der Waals surface area contributed by atoms with E-state index in [-0.39, 0.29) is 5.15 Å². The van der Waals surface area contributed by atoms with E-state index in [0.717, 1.165) is 5.01 Å². The van der Waals surface area contributed by atoms with E-state index >= 15 is 0 Å². The average Bonchev–Trinajstić information content (AvgIpc) is 2.82. The molecular weight excluding hydrogens is 264 g/mol. The van der Waals surface area contributed by atoms with E-state index in [1.165, 1.54) is 16.2 Å². The molecule has 0 atom stereocenters. The third kappa shape index (κ3) is 2.50. The Kier molecular flexibility index (Phi) is 3.39. The predicted octanol–water partition coefficient (Wildman–Crippen LogP) is 3.05. The normalized spacial score (nSPS) is 10.1. The third-order valence-electron chi connectivity index (χ3n) is 1.75. The molecule has 16 heavy (non-hydrogen) atoms. The lowest BCUT2D eigenvalue weighted by Crippen LogP contribution is -1.97. The number of nitrogens with zero attached hydrogens (tertiary/aromatic N) is 3. The summed E-state index contributed by atoms with van der Waals surface area (Å²) in [7, 11) is 0. The summed E-state index contributed by atoms with van der Waals surface area (Å²) in [6.07, 6.45) is 1.83. The van der Waals surface area contributed by atoms with Crippen molar-refractivity contribution in [2.24, 2.45) is 0 Å². The molecule has 0 amide bonds. The van der Waals surface area contributed by atoms with Gasteiger partial charge in [0.2, 0.25) is 0 Å². The quantitative estimate of drug-likeness (QED) is 0.931. The van der Waals surface area contributed by atoms with Gasteiger partial charge in [0.15, 0.2) is 10.3 Å². The summed E-state index contributed by atoms with van der Waals surface area (Å²) in [5, 5.41) is 13.7. The van der Waals surface area contributed by atoms with Crippen molar-refractivity contribution in [2.75, 3.05) is 5.32 Å². The minimum Gasteiger partial charge on any atom is -0.355 e. The molecule has 2 rings (SSSR count). The third-order valence-corrected chi connectivity index (χ3v) is 3.96. The Bertz CT molecular complexity index is 540. The molecule has 0 aliphatic heterocycles. The zero-order chi connectivity index (χ0) is 11.5. The van der Waals surface area contributed by atoms with E-state index < -0.39 is 0 Å². The van der Waals surface area contributed by atoms with Crippen LogP contribution in [0.4, 0.5) is 5.13 Å². The van der Waals surface area contributed by atoms with Crippen LogP contribution < -0.4 is 5.32 Å². The van der Waals surface area contributed by atoms with E-state index in [2.05, 4.69) is 15.3 Å². The summed E-state index contributed by atoms with van der Waals surface area (Å²) in [6.45, 7) is 2.61. The summed E-state index contributed by atoms with van der Waals surface area (Å²) in [6, 6.07) is 1.99. The maximum atomic E-state index is 8.72. The molecule has 0 saturated carbocycles. The summed E-state index contributed by atoms with van der Waals surface area (Å²) in [4.78, 5) is 9.85. The standard InChI is InChI=1S/C9H7ClN4S2/c1-5-3-12-7(15-5)4-13-9-14-8(10)6(2-11)16-9/h3H,4H2,1H3,(H,13,14). The molecule has 0 bridgehead atoms. The number of hydrogen-bond acceptors (Lipinski definition) is 6. The van der Waals surface area contributed by atoms with Crippen LogP contribution in [0, 0.1) is 18.3 Å². The van der Waals surface area contributed by atoms with Crippen LogP contribution in [0.1, 0.15) is 14.8 Å². The van der Waals surface area contributed by atoms with Crippen LogP contribution in [0.5, 0.6) is 0 Å². The summed E-state index contributed by atoms with van der Waals surface area (Å²) in [5.41, 5.74) is 0. The van der Waals surface area contributed by atoms with Gasteiger partial charge in [-0.25, -0.2) is 9.97 Å². The number of thiazole rings is 2. The molecule has 2 heterocycles. The molecule has 2 aromatic heterocycles. The second-order valence-electron chi connectivity index (χ2n) is 2.97. The van der Waals surface area contributed by atoms with Gasteiger partial charge in [0, 0.05) is 11.1 Å². The number of anilines is 1. The van der Waals surface area contributed by atoms with Gasteiger partial charge in [-0.1, -0.05) is 22.9 Å². The van der Waals surface area contributed by atoms with Crippen molar-refractivity contribution in [1.82, 2.24) is 9.97 Å². The van der Waals surface area contributed by atoms with E-state index in [0.29, 0.717) is 16.6 Å². The molecule has 0 aliphatic rings. The molecule has 7 heteroatoms. The van der Waals surface area contributed by atoms with Gasteiger partial charge in [0.05, 0.1) is 6.54 Å². The average molecular weight is 271 g/mol. The highest BCUT2D eigenvalue weighted by Crippen LogP contribution is 2.26.